The average Bonchev–Trinajstić information content (AvgIpc) is 2.77. The number of aryl methyl sites for hydroxylation is 1. The molecule has 0 amide bonds. The number of rotatable bonds is 4. The second kappa shape index (κ2) is 7.09. The minimum Gasteiger partial charge on any atom is -0.399 e. The molecule has 0 radical (unpaired) electrons. The predicted octanol–water partition coefficient (Wildman–Crippen LogP) is 2.27. The summed E-state index contributed by atoms with van der Waals surface area (Å²) in [6, 6.07) is 4.90. The quantitative estimate of drug-likeness (QED) is 0.746. The molecule has 0 spiro atoms. The topological polar surface area (TPSA) is 84.9 Å². The lowest BCUT2D eigenvalue weighted by molar-refractivity contribution is 0.00578. The Kier molecular flexibility index (Phi) is 5.52. The molecule has 1 heterocycles. The van der Waals surface area contributed by atoms with Gasteiger partial charge in [0.1, 0.15) is 0 Å². The molecule has 8 heteroatoms. The Labute approximate surface area is 169 Å². The number of nitrogens with one attached hydrogen (secondary N) is 1. The van der Waals surface area contributed by atoms with E-state index in [1.165, 1.54) is 0 Å². The van der Waals surface area contributed by atoms with Crippen molar-refractivity contribution in [3.63, 3.8) is 0 Å². The van der Waals surface area contributed by atoms with Crippen LogP contribution in [0.15, 0.2) is 23.1 Å². The molecule has 0 unspecified atom stereocenters. The zero-order valence-electron chi connectivity index (χ0n) is 17.7. The van der Waals surface area contributed by atoms with Crippen LogP contribution in [0.25, 0.3) is 0 Å². The second-order valence-electron chi connectivity index (χ2n) is 9.50. The molecule has 0 aromatic heterocycles. The highest BCUT2D eigenvalue weighted by atomic mass is 32.2. The van der Waals surface area contributed by atoms with Crippen LogP contribution in [0, 0.1) is 6.92 Å². The summed E-state index contributed by atoms with van der Waals surface area (Å²) < 4.78 is 40.9. The molecule has 1 aliphatic carbocycles. The van der Waals surface area contributed by atoms with E-state index in [1.807, 2.05) is 34.6 Å². The molecule has 0 bridgehead atoms. The Hall–Kier alpha value is -0.925. The maximum Gasteiger partial charge on any atom is 0.495 e. The summed E-state index contributed by atoms with van der Waals surface area (Å²) in [5.74, 6) is 0. The van der Waals surface area contributed by atoms with Crippen molar-refractivity contribution in [2.24, 2.45) is 0 Å². The Balaban J connectivity index is 1.81. The van der Waals surface area contributed by atoms with Gasteiger partial charge in [-0.05, 0) is 84.8 Å². The minimum absolute atomic E-state index is 0.160. The largest absolute Gasteiger partial charge is 0.495 e. The summed E-state index contributed by atoms with van der Waals surface area (Å²) in [5, 5.41) is 10.1. The van der Waals surface area contributed by atoms with Gasteiger partial charge in [0, 0.05) is 6.04 Å². The van der Waals surface area contributed by atoms with Crippen molar-refractivity contribution in [3.8, 4) is 0 Å². The number of aliphatic hydroxyl groups is 1. The van der Waals surface area contributed by atoms with Crippen LogP contribution in [-0.2, 0) is 19.3 Å². The van der Waals surface area contributed by atoms with Crippen LogP contribution < -0.4 is 10.2 Å². The molecule has 1 saturated carbocycles. The first-order valence-corrected chi connectivity index (χ1v) is 11.4. The van der Waals surface area contributed by atoms with Gasteiger partial charge < -0.3 is 14.4 Å². The van der Waals surface area contributed by atoms with Gasteiger partial charge in [0.15, 0.2) is 0 Å². The second-order valence-corrected chi connectivity index (χ2v) is 11.2. The van der Waals surface area contributed by atoms with E-state index in [2.05, 4.69) is 4.72 Å². The monoisotopic (exact) mass is 409 g/mol. The SMILES string of the molecule is Cc1ccc(S(=O)(=O)NC2CCC(C)(O)CC2)cc1B1OC(C)(C)C(C)(C)O1. The smallest absolute Gasteiger partial charge is 0.399 e. The maximum absolute atomic E-state index is 12.9. The van der Waals surface area contributed by atoms with Crippen LogP contribution in [-0.4, -0.2) is 43.5 Å². The third-order valence-electron chi connectivity index (χ3n) is 6.45. The van der Waals surface area contributed by atoms with E-state index in [9.17, 15) is 13.5 Å². The van der Waals surface area contributed by atoms with E-state index >= 15 is 0 Å². The lowest BCUT2D eigenvalue weighted by Gasteiger charge is -2.33. The van der Waals surface area contributed by atoms with Gasteiger partial charge in [-0.1, -0.05) is 11.6 Å². The van der Waals surface area contributed by atoms with Gasteiger partial charge in [0.05, 0.1) is 21.7 Å². The molecular formula is C20H32BNO5S. The molecular weight excluding hydrogens is 377 g/mol. The van der Waals surface area contributed by atoms with Crippen molar-refractivity contribution in [2.45, 2.75) is 95.0 Å². The molecule has 1 aromatic carbocycles. The Morgan fingerprint density at radius 3 is 2.14 bits per heavy atom. The highest BCUT2D eigenvalue weighted by Gasteiger charge is 2.52. The molecule has 2 aliphatic rings. The van der Waals surface area contributed by atoms with Gasteiger partial charge in [0.25, 0.3) is 0 Å². The van der Waals surface area contributed by atoms with Gasteiger partial charge >= 0.3 is 7.12 Å². The Morgan fingerprint density at radius 1 is 1.07 bits per heavy atom. The van der Waals surface area contributed by atoms with E-state index in [0.29, 0.717) is 25.7 Å². The normalized spacial score (nSPS) is 29.8. The third-order valence-corrected chi connectivity index (χ3v) is 7.97. The molecule has 2 N–H and O–H groups in total. The van der Waals surface area contributed by atoms with E-state index in [1.54, 1.807) is 25.1 Å². The Bertz CT molecular complexity index is 824. The first kappa shape index (κ1) is 21.8. The van der Waals surface area contributed by atoms with Gasteiger partial charge in [-0.25, -0.2) is 13.1 Å². The first-order valence-electron chi connectivity index (χ1n) is 9.93. The fraction of sp³-hybridized carbons (Fsp3) is 0.700. The summed E-state index contributed by atoms with van der Waals surface area (Å²) in [7, 11) is -4.27. The lowest BCUT2D eigenvalue weighted by Crippen LogP contribution is -2.42. The molecule has 28 heavy (non-hydrogen) atoms. The van der Waals surface area contributed by atoms with Crippen LogP contribution >= 0.6 is 0 Å². The third kappa shape index (κ3) is 4.31. The summed E-state index contributed by atoms with van der Waals surface area (Å²) in [5.41, 5.74) is -0.0262. The van der Waals surface area contributed by atoms with Gasteiger partial charge in [-0.2, -0.15) is 0 Å². The fourth-order valence-corrected chi connectivity index (χ4v) is 4.99. The molecule has 1 saturated heterocycles. The predicted molar refractivity (Wildman–Crippen MR) is 110 cm³/mol. The summed E-state index contributed by atoms with van der Waals surface area (Å²) >= 11 is 0. The molecule has 1 aromatic rings. The lowest BCUT2D eigenvalue weighted by atomic mass is 9.76. The fourth-order valence-electron chi connectivity index (χ4n) is 3.65. The standard InChI is InChI=1S/C20H32BNO5S/c1-14-7-8-16(13-17(14)21-26-18(2,3)19(4,5)27-21)28(24,25)22-15-9-11-20(6,23)12-10-15/h7-8,13,15,22-23H,9-12H2,1-6H3. The zero-order chi connectivity index (χ0) is 21.0. The molecule has 1 aliphatic heterocycles. The summed E-state index contributed by atoms with van der Waals surface area (Å²) in [6.45, 7) is 11.6. The van der Waals surface area contributed by atoms with Crippen molar-refractivity contribution in [2.75, 3.05) is 0 Å². The first-order chi connectivity index (χ1) is 12.7. The van der Waals surface area contributed by atoms with E-state index < -0.39 is 33.9 Å². The van der Waals surface area contributed by atoms with Crippen LogP contribution in [0.1, 0.15) is 65.9 Å². The van der Waals surface area contributed by atoms with Crippen molar-refractivity contribution < 1.29 is 22.8 Å². The van der Waals surface area contributed by atoms with Crippen molar-refractivity contribution in [1.82, 2.24) is 4.72 Å². The number of hydrogen-bond acceptors (Lipinski definition) is 5. The van der Waals surface area contributed by atoms with E-state index in [4.69, 9.17) is 9.31 Å². The number of benzene rings is 1. The molecule has 0 atom stereocenters. The van der Waals surface area contributed by atoms with Crippen LogP contribution in [0.4, 0.5) is 0 Å². The van der Waals surface area contributed by atoms with Gasteiger partial charge in [0.2, 0.25) is 10.0 Å². The highest BCUT2D eigenvalue weighted by Crippen LogP contribution is 2.37. The van der Waals surface area contributed by atoms with Crippen LogP contribution in [0.3, 0.4) is 0 Å². The average molecular weight is 409 g/mol. The van der Waals surface area contributed by atoms with Crippen molar-refractivity contribution in [3.05, 3.63) is 23.8 Å². The Morgan fingerprint density at radius 2 is 1.61 bits per heavy atom. The van der Waals surface area contributed by atoms with Gasteiger partial charge in [-0.3, -0.25) is 0 Å². The molecule has 156 valence electrons. The zero-order valence-corrected chi connectivity index (χ0v) is 18.5. The molecule has 3 rings (SSSR count). The molecule has 2 fully saturated rings. The van der Waals surface area contributed by atoms with Crippen LogP contribution in [0.2, 0.25) is 0 Å². The number of hydrogen-bond donors (Lipinski definition) is 2. The summed E-state index contributed by atoms with van der Waals surface area (Å²) in [4.78, 5) is 0.208. The molecule has 6 nitrogen and oxygen atoms in total. The van der Waals surface area contributed by atoms with Crippen molar-refractivity contribution in [1.29, 1.82) is 0 Å². The van der Waals surface area contributed by atoms with Crippen LogP contribution in [0.5, 0.6) is 0 Å². The van der Waals surface area contributed by atoms with Crippen molar-refractivity contribution >= 4 is 22.6 Å². The minimum atomic E-state index is -3.67. The van der Waals surface area contributed by atoms with Gasteiger partial charge in [-0.15, -0.1) is 0 Å². The maximum atomic E-state index is 12.9. The van der Waals surface area contributed by atoms with E-state index in [0.717, 1.165) is 11.0 Å². The van der Waals surface area contributed by atoms with E-state index in [-0.39, 0.29) is 10.9 Å². The highest BCUT2D eigenvalue weighted by molar-refractivity contribution is 7.89. The number of sulfonamides is 1. The summed E-state index contributed by atoms with van der Waals surface area (Å²) in [6.07, 6.45) is 2.44.